The summed E-state index contributed by atoms with van der Waals surface area (Å²) in [6, 6.07) is 5.73. The van der Waals surface area contributed by atoms with Crippen LogP contribution in [0.1, 0.15) is 31.4 Å². The van der Waals surface area contributed by atoms with Crippen molar-refractivity contribution < 1.29 is 13.2 Å². The van der Waals surface area contributed by atoms with Gasteiger partial charge in [-0.15, -0.1) is 0 Å². The summed E-state index contributed by atoms with van der Waals surface area (Å²) in [6.45, 7) is 4.89. The average molecular weight is 310 g/mol. The highest BCUT2D eigenvalue weighted by Gasteiger charge is 2.23. The van der Waals surface area contributed by atoms with E-state index in [1.807, 2.05) is 32.0 Å². The van der Waals surface area contributed by atoms with Crippen LogP contribution in [0, 0.1) is 5.92 Å². The second kappa shape index (κ2) is 6.15. The molecule has 0 bridgehead atoms. The Labute approximate surface area is 126 Å². The van der Waals surface area contributed by atoms with Gasteiger partial charge in [0.2, 0.25) is 15.9 Å². The summed E-state index contributed by atoms with van der Waals surface area (Å²) in [5.74, 6) is 0.295. The number of nitrogens with one attached hydrogen (secondary N) is 1. The minimum Gasteiger partial charge on any atom is -0.326 e. The molecule has 0 aliphatic carbocycles. The van der Waals surface area contributed by atoms with E-state index in [0.29, 0.717) is 31.8 Å². The van der Waals surface area contributed by atoms with Crippen molar-refractivity contribution in [3.05, 3.63) is 29.3 Å². The number of hydrogen-bond donors (Lipinski definition) is 1. The first-order valence-electron chi connectivity index (χ1n) is 7.12. The molecule has 0 aromatic heterocycles. The van der Waals surface area contributed by atoms with E-state index in [-0.39, 0.29) is 5.91 Å². The molecule has 0 fully saturated rings. The summed E-state index contributed by atoms with van der Waals surface area (Å²) in [5.41, 5.74) is 2.85. The van der Waals surface area contributed by atoms with Gasteiger partial charge in [-0.05, 0) is 35.6 Å². The molecule has 1 amide bonds. The minimum atomic E-state index is -3.17. The molecule has 0 unspecified atom stereocenters. The first-order valence-corrected chi connectivity index (χ1v) is 8.97. The molecule has 0 saturated carbocycles. The maximum atomic E-state index is 11.8. The zero-order valence-corrected chi connectivity index (χ0v) is 13.5. The Morgan fingerprint density at radius 3 is 2.67 bits per heavy atom. The molecule has 1 aromatic carbocycles. The van der Waals surface area contributed by atoms with E-state index >= 15 is 0 Å². The molecule has 1 heterocycles. The molecular formula is C15H22N2O3S. The Bertz CT molecular complexity index is 638. The molecule has 0 spiro atoms. The summed E-state index contributed by atoms with van der Waals surface area (Å²) in [4.78, 5) is 11.8. The van der Waals surface area contributed by atoms with Crippen molar-refractivity contribution in [2.24, 2.45) is 5.92 Å². The Morgan fingerprint density at radius 1 is 1.33 bits per heavy atom. The van der Waals surface area contributed by atoms with Crippen LogP contribution in [0.25, 0.3) is 0 Å². The van der Waals surface area contributed by atoms with Gasteiger partial charge in [-0.1, -0.05) is 19.9 Å². The van der Waals surface area contributed by atoms with Crippen LogP contribution in [0.2, 0.25) is 0 Å². The maximum absolute atomic E-state index is 11.8. The van der Waals surface area contributed by atoms with E-state index in [1.54, 1.807) is 0 Å². The highest BCUT2D eigenvalue weighted by atomic mass is 32.2. The fraction of sp³-hybridized carbons (Fsp3) is 0.533. The van der Waals surface area contributed by atoms with Gasteiger partial charge in [0.25, 0.3) is 0 Å². The quantitative estimate of drug-likeness (QED) is 0.925. The Hall–Kier alpha value is -1.40. The lowest BCUT2D eigenvalue weighted by Crippen LogP contribution is -2.35. The van der Waals surface area contributed by atoms with Crippen LogP contribution >= 0.6 is 0 Å². The van der Waals surface area contributed by atoms with Gasteiger partial charge in [0.05, 0.1) is 6.26 Å². The van der Waals surface area contributed by atoms with Crippen LogP contribution < -0.4 is 5.32 Å². The molecule has 21 heavy (non-hydrogen) atoms. The van der Waals surface area contributed by atoms with Crippen molar-refractivity contribution in [2.45, 2.75) is 33.2 Å². The summed E-state index contributed by atoms with van der Waals surface area (Å²) >= 11 is 0. The zero-order valence-electron chi connectivity index (χ0n) is 12.7. The molecule has 1 aliphatic rings. The number of nitrogens with zero attached hydrogens (tertiary/aromatic N) is 1. The lowest BCUT2D eigenvalue weighted by atomic mass is 10.0. The van der Waals surface area contributed by atoms with Gasteiger partial charge in [0, 0.05) is 25.2 Å². The van der Waals surface area contributed by atoms with Crippen LogP contribution in [-0.2, 0) is 27.8 Å². The third-order valence-electron chi connectivity index (χ3n) is 3.53. The van der Waals surface area contributed by atoms with Crippen LogP contribution in [0.3, 0.4) is 0 Å². The molecule has 1 aliphatic heterocycles. The highest BCUT2D eigenvalue weighted by Crippen LogP contribution is 2.24. The van der Waals surface area contributed by atoms with Gasteiger partial charge >= 0.3 is 0 Å². The number of sulfonamides is 1. The third-order valence-corrected chi connectivity index (χ3v) is 4.78. The van der Waals surface area contributed by atoms with E-state index in [4.69, 9.17) is 0 Å². The third kappa shape index (κ3) is 4.28. The lowest BCUT2D eigenvalue weighted by molar-refractivity contribution is -0.116. The fourth-order valence-electron chi connectivity index (χ4n) is 2.47. The van der Waals surface area contributed by atoms with Crippen molar-refractivity contribution in [1.29, 1.82) is 0 Å². The van der Waals surface area contributed by atoms with E-state index in [0.717, 1.165) is 16.8 Å². The second-order valence-electron chi connectivity index (χ2n) is 5.98. The topological polar surface area (TPSA) is 66.5 Å². The van der Waals surface area contributed by atoms with E-state index < -0.39 is 10.0 Å². The molecule has 0 saturated heterocycles. The molecule has 0 radical (unpaired) electrons. The number of rotatable bonds is 4. The Kier molecular flexibility index (Phi) is 4.68. The zero-order chi connectivity index (χ0) is 15.6. The van der Waals surface area contributed by atoms with Gasteiger partial charge in [-0.2, -0.15) is 4.31 Å². The average Bonchev–Trinajstić information content (AvgIpc) is 2.35. The van der Waals surface area contributed by atoms with Crippen LogP contribution in [-0.4, -0.2) is 31.4 Å². The fourth-order valence-corrected chi connectivity index (χ4v) is 3.27. The molecule has 6 heteroatoms. The number of benzene rings is 1. The molecular weight excluding hydrogens is 288 g/mol. The van der Waals surface area contributed by atoms with Crippen molar-refractivity contribution in [3.63, 3.8) is 0 Å². The number of hydrogen-bond acceptors (Lipinski definition) is 3. The Morgan fingerprint density at radius 2 is 2.05 bits per heavy atom. The number of carbonyl (C=O) groups is 1. The molecule has 116 valence electrons. The summed E-state index contributed by atoms with van der Waals surface area (Å²) in [7, 11) is -3.17. The van der Waals surface area contributed by atoms with Crippen LogP contribution in [0.15, 0.2) is 18.2 Å². The molecule has 0 atom stereocenters. The number of anilines is 1. The summed E-state index contributed by atoms with van der Waals surface area (Å²) in [5, 5.41) is 2.87. The normalized spacial score (nSPS) is 15.8. The minimum absolute atomic E-state index is 0.0132. The predicted octanol–water partition coefficient (Wildman–Crippen LogP) is 1.99. The first-order chi connectivity index (χ1) is 9.75. The van der Waals surface area contributed by atoms with Gasteiger partial charge < -0.3 is 5.32 Å². The lowest BCUT2D eigenvalue weighted by Gasteiger charge is -2.27. The van der Waals surface area contributed by atoms with Crippen molar-refractivity contribution in [3.8, 4) is 0 Å². The molecule has 5 nitrogen and oxygen atoms in total. The van der Waals surface area contributed by atoms with Crippen molar-refractivity contribution >= 4 is 21.6 Å². The highest BCUT2D eigenvalue weighted by molar-refractivity contribution is 7.88. The first kappa shape index (κ1) is 16.0. The molecule has 2 rings (SSSR count). The number of amides is 1. The monoisotopic (exact) mass is 310 g/mol. The van der Waals surface area contributed by atoms with Gasteiger partial charge in [0.1, 0.15) is 0 Å². The second-order valence-corrected chi connectivity index (χ2v) is 7.96. The van der Waals surface area contributed by atoms with Crippen molar-refractivity contribution in [1.82, 2.24) is 4.31 Å². The summed E-state index contributed by atoms with van der Waals surface area (Å²) < 4.78 is 24.7. The Balaban J connectivity index is 2.14. The van der Waals surface area contributed by atoms with Gasteiger partial charge in [-0.3, -0.25) is 4.79 Å². The van der Waals surface area contributed by atoms with Crippen molar-refractivity contribution in [2.75, 3.05) is 18.1 Å². The molecule has 1 N–H and O–H groups in total. The van der Waals surface area contributed by atoms with Gasteiger partial charge in [0.15, 0.2) is 0 Å². The van der Waals surface area contributed by atoms with Gasteiger partial charge in [-0.25, -0.2) is 8.42 Å². The maximum Gasteiger partial charge on any atom is 0.224 e. The smallest absolute Gasteiger partial charge is 0.224 e. The predicted molar refractivity (Wildman–Crippen MR) is 83.5 cm³/mol. The van der Waals surface area contributed by atoms with E-state index in [9.17, 15) is 13.2 Å². The number of fused-ring (bicyclic) bond motifs is 1. The standard InChI is InChI=1S/C15H22N2O3S/c1-11(2)8-15(18)16-14-5-4-12-6-7-17(21(3,19)20)10-13(12)9-14/h4-5,9,11H,6-8,10H2,1-3H3,(H,16,18). The summed E-state index contributed by atoms with van der Waals surface area (Å²) in [6.07, 6.45) is 2.42. The van der Waals surface area contributed by atoms with E-state index in [1.165, 1.54) is 10.6 Å². The SMILES string of the molecule is CC(C)CC(=O)Nc1ccc2c(c1)CN(S(C)(=O)=O)CC2. The van der Waals surface area contributed by atoms with Crippen LogP contribution in [0.4, 0.5) is 5.69 Å². The molecule has 1 aromatic rings. The number of carbonyl (C=O) groups excluding carboxylic acids is 1. The van der Waals surface area contributed by atoms with E-state index in [2.05, 4.69) is 5.32 Å². The van der Waals surface area contributed by atoms with Crippen LogP contribution in [0.5, 0.6) is 0 Å². The largest absolute Gasteiger partial charge is 0.326 e.